The first kappa shape index (κ1) is 34.6. The lowest BCUT2D eigenvalue weighted by Gasteiger charge is -2.30. The fraction of sp³-hybridized carbons (Fsp3) is 0.0159. The molecule has 290 valence electrons. The van der Waals surface area contributed by atoms with Crippen LogP contribution in [0.15, 0.2) is 231 Å². The van der Waals surface area contributed by atoms with Crippen LogP contribution in [0.5, 0.6) is 0 Å². The van der Waals surface area contributed by atoms with Gasteiger partial charge in [0.2, 0.25) is 0 Å². The minimum absolute atomic E-state index is 0.400. The number of benzene rings is 12. The summed E-state index contributed by atoms with van der Waals surface area (Å²) < 4.78 is 0. The van der Waals surface area contributed by atoms with Crippen molar-refractivity contribution < 1.29 is 0 Å². The zero-order valence-electron chi connectivity index (χ0n) is 34.4. The van der Waals surface area contributed by atoms with Gasteiger partial charge < -0.3 is 0 Å². The topological polar surface area (TPSA) is 0 Å². The summed E-state index contributed by atoms with van der Waals surface area (Å²) in [5, 5.41) is 12.7. The molecule has 12 aromatic rings. The molecular formula is C63H38. The molecule has 0 bridgehead atoms. The highest BCUT2D eigenvalue weighted by atomic mass is 14.5. The molecule has 0 unspecified atom stereocenters. The van der Waals surface area contributed by atoms with Gasteiger partial charge >= 0.3 is 0 Å². The molecule has 14 rings (SSSR count). The van der Waals surface area contributed by atoms with E-state index in [1.807, 2.05) is 0 Å². The van der Waals surface area contributed by atoms with Crippen LogP contribution in [-0.2, 0) is 5.41 Å². The van der Waals surface area contributed by atoms with E-state index in [1.54, 1.807) is 0 Å². The second-order valence-corrected chi connectivity index (χ2v) is 17.5. The van der Waals surface area contributed by atoms with Gasteiger partial charge in [-0.3, -0.25) is 0 Å². The van der Waals surface area contributed by atoms with Gasteiger partial charge in [-0.25, -0.2) is 0 Å². The van der Waals surface area contributed by atoms with Crippen LogP contribution in [0.3, 0.4) is 0 Å². The summed E-state index contributed by atoms with van der Waals surface area (Å²) in [5.74, 6) is 0. The highest BCUT2D eigenvalue weighted by Crippen LogP contribution is 2.64. The standard InChI is InChI=1S/C63H38/c1-3-17-46-40(14-1)16-13-25-50(46)61-53-23-7-5-21-51(53)60(52-22-6-8-24-54(52)61)42-30-28-39(29-31-42)43-32-33-44-37-55-59(38-45(44)36-43)63(58-35-34-41-15-2-4-18-47(41)62(55)58)56-26-11-9-19-48(56)49-20-10-12-27-57(49)63/h1-38H. The third kappa shape index (κ3) is 4.70. The van der Waals surface area contributed by atoms with Gasteiger partial charge in [0, 0.05) is 0 Å². The molecule has 2 aliphatic rings. The zero-order chi connectivity index (χ0) is 41.2. The number of hydrogen-bond acceptors (Lipinski definition) is 0. The molecule has 0 aromatic heterocycles. The van der Waals surface area contributed by atoms with Crippen LogP contribution in [0, 0.1) is 0 Å². The molecular weight excluding hydrogens is 757 g/mol. The van der Waals surface area contributed by atoms with E-state index in [0.717, 1.165) is 0 Å². The fourth-order valence-electron chi connectivity index (χ4n) is 11.8. The number of rotatable bonds is 3. The van der Waals surface area contributed by atoms with E-state index in [1.165, 1.54) is 132 Å². The molecule has 12 aromatic carbocycles. The van der Waals surface area contributed by atoms with Crippen LogP contribution < -0.4 is 0 Å². The lowest BCUT2D eigenvalue weighted by molar-refractivity contribution is 0.795. The Morgan fingerprint density at radius 2 is 0.698 bits per heavy atom. The molecule has 0 radical (unpaired) electrons. The first-order chi connectivity index (χ1) is 31.3. The largest absolute Gasteiger partial charge is 0.0725 e. The van der Waals surface area contributed by atoms with Crippen LogP contribution in [0.4, 0.5) is 0 Å². The van der Waals surface area contributed by atoms with Crippen LogP contribution in [0.25, 0.3) is 109 Å². The minimum Gasteiger partial charge on any atom is -0.0619 e. The Labute approximate surface area is 366 Å². The molecule has 0 fully saturated rings. The van der Waals surface area contributed by atoms with Crippen LogP contribution in [0.2, 0.25) is 0 Å². The van der Waals surface area contributed by atoms with E-state index in [4.69, 9.17) is 0 Å². The SMILES string of the molecule is c1ccc2c(c1)-c1ccccc1C21c2cc3cc(-c4ccc(-c5c6ccccc6c(-c6cccc7ccccc67)c6ccccc56)cc4)ccc3cc2-c2c1ccc1ccccc21. The monoisotopic (exact) mass is 794 g/mol. The van der Waals surface area contributed by atoms with Crippen LogP contribution in [-0.4, -0.2) is 0 Å². The molecule has 0 heterocycles. The van der Waals surface area contributed by atoms with Crippen molar-refractivity contribution in [1.82, 2.24) is 0 Å². The van der Waals surface area contributed by atoms with Crippen molar-refractivity contribution in [1.29, 1.82) is 0 Å². The summed E-state index contributed by atoms with van der Waals surface area (Å²) in [6.45, 7) is 0. The van der Waals surface area contributed by atoms with Gasteiger partial charge in [0.15, 0.2) is 0 Å². The van der Waals surface area contributed by atoms with E-state index in [-0.39, 0.29) is 0 Å². The van der Waals surface area contributed by atoms with Crippen molar-refractivity contribution in [3.63, 3.8) is 0 Å². The third-order valence-electron chi connectivity index (χ3n) is 14.4. The second-order valence-electron chi connectivity index (χ2n) is 17.5. The molecule has 0 N–H and O–H groups in total. The summed E-state index contributed by atoms with van der Waals surface area (Å²) in [6.07, 6.45) is 0. The summed E-state index contributed by atoms with van der Waals surface area (Å²) in [4.78, 5) is 0. The van der Waals surface area contributed by atoms with Gasteiger partial charge in [-0.2, -0.15) is 0 Å². The number of hydrogen-bond donors (Lipinski definition) is 0. The minimum atomic E-state index is -0.400. The smallest absolute Gasteiger partial charge is 0.0619 e. The first-order valence-electron chi connectivity index (χ1n) is 22.1. The van der Waals surface area contributed by atoms with Crippen molar-refractivity contribution in [3.05, 3.63) is 253 Å². The molecule has 0 aliphatic heterocycles. The van der Waals surface area contributed by atoms with E-state index in [0.29, 0.717) is 0 Å². The molecule has 0 saturated heterocycles. The predicted octanol–water partition coefficient (Wildman–Crippen LogP) is 16.8. The quantitative estimate of drug-likeness (QED) is 0.156. The molecule has 0 nitrogen and oxygen atoms in total. The molecule has 63 heavy (non-hydrogen) atoms. The maximum atomic E-state index is 2.52. The van der Waals surface area contributed by atoms with Crippen molar-refractivity contribution in [2.24, 2.45) is 0 Å². The summed E-state index contributed by atoms with van der Waals surface area (Å²) in [7, 11) is 0. The highest BCUT2D eigenvalue weighted by molar-refractivity contribution is 6.23. The highest BCUT2D eigenvalue weighted by Gasteiger charge is 2.52. The Morgan fingerprint density at radius 1 is 0.206 bits per heavy atom. The summed E-state index contributed by atoms with van der Waals surface area (Å²) >= 11 is 0. The van der Waals surface area contributed by atoms with Gasteiger partial charge in [0.25, 0.3) is 0 Å². The summed E-state index contributed by atoms with van der Waals surface area (Å²) in [6, 6.07) is 86.6. The fourth-order valence-corrected chi connectivity index (χ4v) is 11.8. The Balaban J connectivity index is 0.938. The summed E-state index contributed by atoms with van der Waals surface area (Å²) in [5.41, 5.74) is 18.0. The van der Waals surface area contributed by atoms with Gasteiger partial charge in [-0.15, -0.1) is 0 Å². The maximum absolute atomic E-state index is 2.52. The lowest BCUT2D eigenvalue weighted by Crippen LogP contribution is -2.25. The molecule has 2 aliphatic carbocycles. The Bertz CT molecular complexity index is 3790. The van der Waals surface area contributed by atoms with Crippen LogP contribution >= 0.6 is 0 Å². The van der Waals surface area contributed by atoms with E-state index in [9.17, 15) is 0 Å². The van der Waals surface area contributed by atoms with E-state index >= 15 is 0 Å². The normalized spacial score (nSPS) is 13.2. The Hall–Kier alpha value is -8.06. The predicted molar refractivity (Wildman–Crippen MR) is 267 cm³/mol. The number of fused-ring (bicyclic) bond motifs is 16. The van der Waals surface area contributed by atoms with Crippen molar-refractivity contribution in [3.8, 4) is 55.6 Å². The lowest BCUT2D eigenvalue weighted by atomic mass is 9.70. The van der Waals surface area contributed by atoms with Crippen LogP contribution in [0.1, 0.15) is 22.3 Å². The Morgan fingerprint density at radius 3 is 1.38 bits per heavy atom. The molecule has 0 saturated carbocycles. The van der Waals surface area contributed by atoms with E-state index in [2.05, 4.69) is 231 Å². The van der Waals surface area contributed by atoms with Gasteiger partial charge in [-0.05, 0) is 150 Å². The van der Waals surface area contributed by atoms with Gasteiger partial charge in [0.1, 0.15) is 0 Å². The average Bonchev–Trinajstić information content (AvgIpc) is 3.81. The first-order valence-corrected chi connectivity index (χ1v) is 22.1. The van der Waals surface area contributed by atoms with Crippen molar-refractivity contribution >= 4 is 53.9 Å². The van der Waals surface area contributed by atoms with Crippen molar-refractivity contribution in [2.75, 3.05) is 0 Å². The van der Waals surface area contributed by atoms with E-state index < -0.39 is 5.41 Å². The van der Waals surface area contributed by atoms with Crippen molar-refractivity contribution in [2.45, 2.75) is 5.41 Å². The Kier molecular flexibility index (Phi) is 7.13. The van der Waals surface area contributed by atoms with Gasteiger partial charge in [-0.1, -0.05) is 212 Å². The molecule has 0 amide bonds. The van der Waals surface area contributed by atoms with Gasteiger partial charge in [0.05, 0.1) is 5.41 Å². The maximum Gasteiger partial charge on any atom is 0.0725 e. The average molecular weight is 795 g/mol. The molecule has 0 heteroatoms. The second kappa shape index (κ2) is 13.0. The zero-order valence-corrected chi connectivity index (χ0v) is 34.4. The molecule has 1 spiro atoms. The molecule has 0 atom stereocenters. The third-order valence-corrected chi connectivity index (χ3v) is 14.4.